The van der Waals surface area contributed by atoms with Crippen molar-refractivity contribution >= 4 is 29.1 Å². The number of carbonyl (C=O) groups is 1. The van der Waals surface area contributed by atoms with Crippen LogP contribution in [0.5, 0.6) is 0 Å². The molecule has 3 aromatic heterocycles. The second-order valence-corrected chi connectivity index (χ2v) is 10.1. The summed E-state index contributed by atoms with van der Waals surface area (Å²) in [6.07, 6.45) is 4.46. The maximum absolute atomic E-state index is 15.0. The number of likely N-dealkylation sites (N-methyl/N-ethyl adjacent to an activating group) is 1. The van der Waals surface area contributed by atoms with Gasteiger partial charge in [0, 0.05) is 36.8 Å². The SMILES string of the molecule is Cc1nc2c(F)cc(-c3nc(Nc4ccc5c(n4)CCN(C(C=O)N(C)C)C5)ncc3F)cc2n1C1CC1. The molecule has 1 unspecified atom stereocenters. The molecule has 4 heterocycles. The van der Waals surface area contributed by atoms with Crippen LogP contribution in [-0.2, 0) is 17.8 Å². The average Bonchev–Trinajstić information content (AvgIpc) is 3.67. The van der Waals surface area contributed by atoms with Crippen molar-refractivity contribution in [2.24, 2.45) is 0 Å². The van der Waals surface area contributed by atoms with E-state index < -0.39 is 11.6 Å². The number of hydrogen-bond donors (Lipinski definition) is 1. The summed E-state index contributed by atoms with van der Waals surface area (Å²) in [4.78, 5) is 33.1. The maximum atomic E-state index is 15.0. The Bertz CT molecular complexity index is 1550. The van der Waals surface area contributed by atoms with E-state index in [1.165, 1.54) is 6.07 Å². The van der Waals surface area contributed by atoms with Crippen LogP contribution in [0.3, 0.4) is 0 Å². The molecular formula is C27H28F2N8O. The predicted molar refractivity (Wildman–Crippen MR) is 139 cm³/mol. The number of halogens is 2. The van der Waals surface area contributed by atoms with Crippen molar-refractivity contribution in [1.29, 1.82) is 0 Å². The molecule has 2 aliphatic rings. The molecule has 11 heteroatoms. The Morgan fingerprint density at radius 1 is 1.13 bits per heavy atom. The normalized spacial score (nSPS) is 16.6. The molecule has 38 heavy (non-hydrogen) atoms. The molecule has 1 N–H and O–H groups in total. The number of nitrogens with one attached hydrogen (secondary N) is 1. The molecule has 1 aliphatic carbocycles. The minimum atomic E-state index is -0.646. The largest absolute Gasteiger partial charge is 0.325 e. The monoisotopic (exact) mass is 518 g/mol. The van der Waals surface area contributed by atoms with Gasteiger partial charge in [0.15, 0.2) is 17.9 Å². The minimum Gasteiger partial charge on any atom is -0.325 e. The quantitative estimate of drug-likeness (QED) is 0.367. The van der Waals surface area contributed by atoms with Crippen LogP contribution in [0.15, 0.2) is 30.5 Å². The van der Waals surface area contributed by atoms with Gasteiger partial charge in [-0.05, 0) is 57.6 Å². The molecule has 0 spiro atoms. The van der Waals surface area contributed by atoms with Gasteiger partial charge in [-0.3, -0.25) is 9.80 Å². The second kappa shape index (κ2) is 9.48. The van der Waals surface area contributed by atoms with E-state index in [0.717, 1.165) is 42.4 Å². The summed E-state index contributed by atoms with van der Waals surface area (Å²) in [5.41, 5.74) is 3.22. The van der Waals surface area contributed by atoms with E-state index in [1.807, 2.05) is 42.6 Å². The van der Waals surface area contributed by atoms with E-state index in [1.54, 1.807) is 6.07 Å². The Labute approximate surface area is 218 Å². The van der Waals surface area contributed by atoms with Gasteiger partial charge in [0.25, 0.3) is 0 Å². The Hall–Kier alpha value is -3.83. The first-order valence-corrected chi connectivity index (χ1v) is 12.6. The fourth-order valence-electron chi connectivity index (χ4n) is 5.21. The Morgan fingerprint density at radius 2 is 1.95 bits per heavy atom. The summed E-state index contributed by atoms with van der Waals surface area (Å²) in [6, 6.07) is 7.09. The number of aldehydes is 1. The summed E-state index contributed by atoms with van der Waals surface area (Å²) < 4.78 is 31.9. The van der Waals surface area contributed by atoms with Gasteiger partial charge >= 0.3 is 0 Å². The third-order valence-electron chi connectivity index (χ3n) is 7.20. The summed E-state index contributed by atoms with van der Waals surface area (Å²) in [7, 11) is 3.76. The molecule has 0 radical (unpaired) electrons. The van der Waals surface area contributed by atoms with Crippen molar-refractivity contribution in [3.63, 3.8) is 0 Å². The third-order valence-corrected chi connectivity index (χ3v) is 7.20. The second-order valence-electron chi connectivity index (χ2n) is 10.1. The lowest BCUT2D eigenvalue weighted by Crippen LogP contribution is -2.48. The van der Waals surface area contributed by atoms with Crippen LogP contribution < -0.4 is 5.32 Å². The van der Waals surface area contributed by atoms with Gasteiger partial charge in [-0.2, -0.15) is 0 Å². The van der Waals surface area contributed by atoms with Gasteiger partial charge in [-0.25, -0.2) is 28.7 Å². The Kier molecular flexibility index (Phi) is 6.11. The molecule has 1 atom stereocenters. The summed E-state index contributed by atoms with van der Waals surface area (Å²) >= 11 is 0. The van der Waals surface area contributed by atoms with Gasteiger partial charge in [-0.15, -0.1) is 0 Å². The Balaban J connectivity index is 1.28. The highest BCUT2D eigenvalue weighted by molar-refractivity contribution is 5.83. The van der Waals surface area contributed by atoms with E-state index in [-0.39, 0.29) is 23.3 Å². The number of carbonyl (C=O) groups excluding carboxylic acids is 1. The topological polar surface area (TPSA) is 92.1 Å². The number of anilines is 2. The zero-order valence-corrected chi connectivity index (χ0v) is 21.4. The van der Waals surface area contributed by atoms with Crippen molar-refractivity contribution in [3.05, 3.63) is 59.2 Å². The highest BCUT2D eigenvalue weighted by Crippen LogP contribution is 2.40. The summed E-state index contributed by atoms with van der Waals surface area (Å²) in [5.74, 6) is 0.274. The molecule has 196 valence electrons. The number of hydrogen-bond acceptors (Lipinski definition) is 8. The van der Waals surface area contributed by atoms with Crippen molar-refractivity contribution in [3.8, 4) is 11.3 Å². The summed E-state index contributed by atoms with van der Waals surface area (Å²) in [5, 5.41) is 3.06. The first-order chi connectivity index (χ1) is 18.3. The van der Waals surface area contributed by atoms with Gasteiger partial charge in [0.05, 0.1) is 11.7 Å². The number of rotatable bonds is 7. The van der Waals surface area contributed by atoms with Gasteiger partial charge in [-0.1, -0.05) is 6.07 Å². The van der Waals surface area contributed by atoms with Crippen LogP contribution in [0, 0.1) is 18.6 Å². The zero-order chi connectivity index (χ0) is 26.6. The third kappa shape index (κ3) is 4.41. The standard InChI is InChI=1S/C27H28F2N8O/c1-15-31-26-19(28)10-17(11-22(26)37(15)18-5-6-18)25-20(29)12-30-27(34-25)33-23-7-4-16-13-36(9-8-21(16)32-23)24(14-38)35(2)3/h4,7,10-12,14,18,24H,5-6,8-9,13H2,1-3H3,(H,30,32,33,34). The van der Waals surface area contributed by atoms with E-state index in [9.17, 15) is 9.18 Å². The number of benzene rings is 1. The highest BCUT2D eigenvalue weighted by atomic mass is 19.1. The molecule has 1 saturated carbocycles. The molecule has 9 nitrogen and oxygen atoms in total. The average molecular weight is 519 g/mol. The van der Waals surface area contributed by atoms with E-state index in [2.05, 4.69) is 25.2 Å². The van der Waals surface area contributed by atoms with E-state index in [0.29, 0.717) is 42.5 Å². The van der Waals surface area contributed by atoms with Crippen molar-refractivity contribution in [2.75, 3.05) is 26.0 Å². The smallest absolute Gasteiger partial charge is 0.229 e. The number of aromatic nitrogens is 5. The van der Waals surface area contributed by atoms with Crippen LogP contribution >= 0.6 is 0 Å². The molecule has 1 aliphatic heterocycles. The lowest BCUT2D eigenvalue weighted by atomic mass is 10.1. The molecule has 0 saturated heterocycles. The molecule has 6 rings (SSSR count). The minimum absolute atomic E-state index is 0.00157. The lowest BCUT2D eigenvalue weighted by Gasteiger charge is -2.35. The van der Waals surface area contributed by atoms with Gasteiger partial charge in [0.2, 0.25) is 5.95 Å². The van der Waals surface area contributed by atoms with Crippen LogP contribution in [-0.4, -0.2) is 67.4 Å². The molecule has 1 aromatic carbocycles. The zero-order valence-electron chi connectivity index (χ0n) is 21.4. The number of nitrogens with zero attached hydrogens (tertiary/aromatic N) is 7. The number of fused-ring (bicyclic) bond motifs is 2. The number of imidazole rings is 1. The highest BCUT2D eigenvalue weighted by Gasteiger charge is 2.29. The van der Waals surface area contributed by atoms with Gasteiger partial charge < -0.3 is 14.7 Å². The van der Waals surface area contributed by atoms with Crippen LogP contribution in [0.2, 0.25) is 0 Å². The fourth-order valence-corrected chi connectivity index (χ4v) is 5.21. The van der Waals surface area contributed by atoms with Gasteiger partial charge in [0.1, 0.15) is 29.0 Å². The van der Waals surface area contributed by atoms with Crippen molar-refractivity contribution in [1.82, 2.24) is 34.3 Å². The first kappa shape index (κ1) is 24.5. The maximum Gasteiger partial charge on any atom is 0.229 e. The summed E-state index contributed by atoms with van der Waals surface area (Å²) in [6.45, 7) is 3.18. The van der Waals surface area contributed by atoms with Crippen LogP contribution in [0.1, 0.15) is 36.0 Å². The molecule has 1 fully saturated rings. The van der Waals surface area contributed by atoms with Crippen molar-refractivity contribution in [2.45, 2.75) is 44.9 Å². The predicted octanol–water partition coefficient (Wildman–Crippen LogP) is 4.00. The van der Waals surface area contributed by atoms with E-state index >= 15 is 4.39 Å². The lowest BCUT2D eigenvalue weighted by molar-refractivity contribution is -0.117. The van der Waals surface area contributed by atoms with Crippen molar-refractivity contribution < 1.29 is 13.6 Å². The fraction of sp³-hybridized carbons (Fsp3) is 0.370. The molecule has 0 amide bonds. The van der Waals surface area contributed by atoms with Crippen LogP contribution in [0.25, 0.3) is 22.3 Å². The first-order valence-electron chi connectivity index (χ1n) is 12.6. The molecular weight excluding hydrogens is 490 g/mol. The molecule has 0 bridgehead atoms. The van der Waals surface area contributed by atoms with Crippen LogP contribution in [0.4, 0.5) is 20.5 Å². The number of aryl methyl sites for hydroxylation is 1. The Morgan fingerprint density at radius 3 is 2.68 bits per heavy atom. The molecule has 4 aromatic rings. The number of pyridine rings is 1. The van der Waals surface area contributed by atoms with E-state index in [4.69, 9.17) is 4.98 Å².